The Morgan fingerprint density at radius 2 is 1.78 bits per heavy atom. The molecule has 0 aromatic carbocycles. The fourth-order valence-corrected chi connectivity index (χ4v) is 3.82. The van der Waals surface area contributed by atoms with E-state index < -0.39 is 54.7 Å². The van der Waals surface area contributed by atoms with Gasteiger partial charge in [-0.05, 0) is 16.0 Å². The zero-order valence-corrected chi connectivity index (χ0v) is 12.6. The second kappa shape index (κ2) is 5.97. The number of halogens is 4. The number of rotatable bonds is 7. The van der Waals surface area contributed by atoms with Crippen molar-refractivity contribution in [1.29, 1.82) is 0 Å². The molecule has 1 aliphatic rings. The Balaban J connectivity index is 3.50. The number of hydrogen-bond acceptors (Lipinski definition) is 9. The highest BCUT2D eigenvalue weighted by Crippen LogP contribution is 2.51. The predicted octanol–water partition coefficient (Wildman–Crippen LogP) is 0.255. The maximum absolute atomic E-state index is 14.0. The maximum atomic E-state index is 14.0. The zero-order valence-electron chi connectivity index (χ0n) is 11.0. The zero-order chi connectivity index (χ0) is 18.3. The summed E-state index contributed by atoms with van der Waals surface area (Å²) in [4.78, 5) is 6.88. The minimum atomic E-state index is -6.56. The van der Waals surface area contributed by atoms with Crippen molar-refractivity contribution in [3.05, 3.63) is 12.2 Å². The summed E-state index contributed by atoms with van der Waals surface area (Å²) in [6.07, 6.45) is -2.56. The van der Waals surface area contributed by atoms with Gasteiger partial charge in [0.25, 0.3) is 0 Å². The van der Waals surface area contributed by atoms with Gasteiger partial charge in [-0.15, -0.1) is 0 Å². The van der Waals surface area contributed by atoms with Crippen LogP contribution in [0.3, 0.4) is 0 Å². The average molecular weight is 388 g/mol. The Morgan fingerprint density at radius 1 is 1.26 bits per heavy atom. The van der Waals surface area contributed by atoms with E-state index in [4.69, 9.17) is 0 Å². The molecule has 0 aromatic rings. The Bertz CT molecular complexity index is 716. The highest BCUT2D eigenvalue weighted by atomic mass is 32.2. The lowest BCUT2D eigenvalue weighted by Crippen LogP contribution is -2.74. The quantitative estimate of drug-likeness (QED) is 0.343. The first-order chi connectivity index (χ1) is 10.3. The second-order valence-corrected chi connectivity index (χ2v) is 7.39. The van der Waals surface area contributed by atoms with Crippen molar-refractivity contribution in [3.8, 4) is 0 Å². The number of esters is 1. The molecular weight excluding hydrogens is 380 g/mol. The molecule has 0 aromatic heterocycles. The summed E-state index contributed by atoms with van der Waals surface area (Å²) in [5.41, 5.74) is -0.391. The third-order valence-corrected chi connectivity index (χ3v) is 5.50. The van der Waals surface area contributed by atoms with Crippen LogP contribution in [-0.4, -0.2) is 45.7 Å². The lowest BCUT2D eigenvalue weighted by atomic mass is 10.1. The van der Waals surface area contributed by atoms with E-state index in [1.54, 1.807) is 0 Å². The molecule has 0 N–H and O–H groups in total. The summed E-state index contributed by atoms with van der Waals surface area (Å²) in [6, 6.07) is 0. The van der Waals surface area contributed by atoms with Crippen LogP contribution >= 0.6 is 0 Å². The molecule has 1 saturated heterocycles. The van der Waals surface area contributed by atoms with Crippen LogP contribution < -0.4 is 0 Å². The molecular formula is C8H8F4O9S2. The van der Waals surface area contributed by atoms with Gasteiger partial charge in [-0.1, -0.05) is 15.4 Å². The van der Waals surface area contributed by atoms with Gasteiger partial charge in [-0.25, -0.2) is 4.79 Å². The van der Waals surface area contributed by atoms with E-state index in [9.17, 15) is 39.5 Å². The van der Waals surface area contributed by atoms with Gasteiger partial charge in [0, 0.05) is 5.57 Å². The van der Waals surface area contributed by atoms with Crippen molar-refractivity contribution < 1.29 is 57.7 Å². The molecule has 1 fully saturated rings. The van der Waals surface area contributed by atoms with Crippen LogP contribution in [0.2, 0.25) is 0 Å². The van der Waals surface area contributed by atoms with Crippen LogP contribution in [0.5, 0.6) is 0 Å². The SMILES string of the molecule is C=C(C)C(=O)OC1COC1(C(F)(F)S(=O)(=O)OF)S(=O)(=O)OF. The highest BCUT2D eigenvalue weighted by molar-refractivity contribution is 7.92. The fraction of sp³-hybridized carbons (Fsp3) is 0.625. The molecule has 2 atom stereocenters. The number of hydrogen-bond donors (Lipinski definition) is 0. The minimum absolute atomic E-state index is 0.391. The highest BCUT2D eigenvalue weighted by Gasteiger charge is 2.82. The first-order valence-corrected chi connectivity index (χ1v) is 8.10. The van der Waals surface area contributed by atoms with Gasteiger partial charge in [-0.3, -0.25) is 0 Å². The molecule has 1 rings (SSSR count). The van der Waals surface area contributed by atoms with Gasteiger partial charge >= 0.3 is 36.4 Å². The van der Waals surface area contributed by atoms with E-state index in [0.29, 0.717) is 0 Å². The summed E-state index contributed by atoms with van der Waals surface area (Å²) in [7, 11) is -12.7. The molecule has 0 bridgehead atoms. The van der Waals surface area contributed by atoms with Crippen molar-refractivity contribution in [2.24, 2.45) is 0 Å². The minimum Gasteiger partial charge on any atom is -0.452 e. The summed E-state index contributed by atoms with van der Waals surface area (Å²) in [5.74, 6) is -1.42. The van der Waals surface area contributed by atoms with Gasteiger partial charge in [0.1, 0.15) is 0 Å². The van der Waals surface area contributed by atoms with Gasteiger partial charge in [0.2, 0.25) is 0 Å². The fourth-order valence-electron chi connectivity index (χ4n) is 1.55. The summed E-state index contributed by atoms with van der Waals surface area (Å²) in [6.45, 7) is 3.02. The lowest BCUT2D eigenvalue weighted by Gasteiger charge is -2.46. The van der Waals surface area contributed by atoms with Gasteiger partial charge < -0.3 is 9.47 Å². The molecule has 15 heteroatoms. The molecule has 134 valence electrons. The van der Waals surface area contributed by atoms with Crippen LogP contribution in [0.1, 0.15) is 6.92 Å². The van der Waals surface area contributed by atoms with Crippen molar-refractivity contribution in [2.45, 2.75) is 23.2 Å². The Hall–Kier alpha value is -1.29. The third kappa shape index (κ3) is 2.71. The molecule has 0 spiro atoms. The molecule has 1 heterocycles. The first kappa shape index (κ1) is 19.8. The summed E-state index contributed by atoms with van der Waals surface area (Å²) in [5, 5.41) is -5.74. The topological polar surface area (TPSA) is 122 Å². The van der Waals surface area contributed by atoms with Crippen molar-refractivity contribution >= 4 is 26.2 Å². The first-order valence-electron chi connectivity index (χ1n) is 5.28. The number of alkyl halides is 2. The van der Waals surface area contributed by atoms with E-state index in [2.05, 4.69) is 24.8 Å². The standard InChI is InChI=1S/C8H8F4O9S2/c1-4(2)6(13)19-5-3-18-7(5,22(14,15)20-11)8(9,10)23(16,17)21-12/h5H,1,3H2,2H3. The maximum Gasteiger partial charge on any atom is 0.421 e. The Morgan fingerprint density at radius 3 is 2.09 bits per heavy atom. The smallest absolute Gasteiger partial charge is 0.421 e. The van der Waals surface area contributed by atoms with E-state index in [0.717, 1.165) is 6.92 Å². The third-order valence-electron chi connectivity index (χ3n) is 2.73. The lowest BCUT2D eigenvalue weighted by molar-refractivity contribution is -0.270. The normalized spacial score (nSPS) is 25.5. The predicted molar refractivity (Wildman–Crippen MR) is 60.5 cm³/mol. The Labute approximate surface area is 126 Å². The van der Waals surface area contributed by atoms with Crippen molar-refractivity contribution in [1.82, 2.24) is 0 Å². The van der Waals surface area contributed by atoms with E-state index in [1.165, 1.54) is 0 Å². The molecule has 2 unspecified atom stereocenters. The van der Waals surface area contributed by atoms with Crippen molar-refractivity contribution in [2.75, 3.05) is 6.61 Å². The van der Waals surface area contributed by atoms with Crippen LogP contribution in [0.4, 0.5) is 17.8 Å². The molecule has 0 saturated carbocycles. The van der Waals surface area contributed by atoms with Gasteiger partial charge in [0.15, 0.2) is 6.10 Å². The molecule has 0 radical (unpaired) electrons. The number of carbonyl (C=O) groups is 1. The van der Waals surface area contributed by atoms with Crippen LogP contribution in [0.15, 0.2) is 12.2 Å². The number of ether oxygens (including phenoxy) is 2. The number of carbonyl (C=O) groups excluding carboxylic acids is 1. The molecule has 0 aliphatic carbocycles. The van der Waals surface area contributed by atoms with Crippen LogP contribution in [0, 0.1) is 0 Å². The molecule has 1 aliphatic heterocycles. The second-order valence-electron chi connectivity index (χ2n) is 4.20. The van der Waals surface area contributed by atoms with Gasteiger partial charge in [0.05, 0.1) is 6.61 Å². The van der Waals surface area contributed by atoms with Crippen LogP contribution in [-0.2, 0) is 43.3 Å². The monoisotopic (exact) mass is 388 g/mol. The van der Waals surface area contributed by atoms with E-state index in [-0.39, 0.29) is 0 Å². The van der Waals surface area contributed by atoms with Gasteiger partial charge in [-0.2, -0.15) is 25.6 Å². The van der Waals surface area contributed by atoms with E-state index >= 15 is 0 Å². The molecule has 0 amide bonds. The summed E-state index contributed by atoms with van der Waals surface area (Å²) >= 11 is 0. The molecule has 9 nitrogen and oxygen atoms in total. The molecule has 23 heavy (non-hydrogen) atoms. The Kier molecular flexibility index (Phi) is 5.13. The van der Waals surface area contributed by atoms with E-state index in [1.807, 2.05) is 0 Å². The van der Waals surface area contributed by atoms with Crippen molar-refractivity contribution in [3.63, 3.8) is 0 Å². The summed E-state index contributed by atoms with van der Waals surface area (Å²) < 4.78 is 109. The largest absolute Gasteiger partial charge is 0.452 e. The van der Waals surface area contributed by atoms with Crippen LogP contribution in [0.25, 0.3) is 0 Å². The average Bonchev–Trinajstić information content (AvgIpc) is 2.42.